The van der Waals surface area contributed by atoms with Gasteiger partial charge in [0, 0.05) is 43.2 Å². The summed E-state index contributed by atoms with van der Waals surface area (Å²) >= 11 is 0. The maximum Gasteiger partial charge on any atom is 0.219 e. The fourth-order valence-corrected chi connectivity index (χ4v) is 3.81. The van der Waals surface area contributed by atoms with E-state index in [1.807, 2.05) is 35.2 Å². The molecule has 2 heterocycles. The van der Waals surface area contributed by atoms with Crippen molar-refractivity contribution in [1.29, 1.82) is 0 Å². The van der Waals surface area contributed by atoms with Gasteiger partial charge in [0.25, 0.3) is 0 Å². The van der Waals surface area contributed by atoms with Crippen molar-refractivity contribution >= 4 is 17.4 Å². The van der Waals surface area contributed by atoms with E-state index in [-0.39, 0.29) is 17.6 Å². The predicted molar refractivity (Wildman–Crippen MR) is 118 cm³/mol. The van der Waals surface area contributed by atoms with E-state index in [2.05, 4.69) is 5.32 Å². The van der Waals surface area contributed by atoms with Gasteiger partial charge < -0.3 is 15.0 Å². The van der Waals surface area contributed by atoms with Crippen LogP contribution in [0.2, 0.25) is 0 Å². The third-order valence-electron chi connectivity index (χ3n) is 5.46. The number of methoxy groups -OCH3 is 1. The van der Waals surface area contributed by atoms with Gasteiger partial charge in [-0.3, -0.25) is 4.79 Å². The number of likely N-dealkylation sites (tertiary alicyclic amines) is 1. The standard InChI is InChI=1S/C24H25FN4O2/c1-16(30)29-12-4-5-18(15-29)24-27-22(17-8-10-21(31-2)11-9-17)14-23(28-24)26-20-7-3-6-19(25)13-20/h3,6-11,13-14,18H,4-5,12,15H2,1-2H3,(H,26,27,28). The molecule has 1 fully saturated rings. The fraction of sp³-hybridized carbons (Fsp3) is 0.292. The maximum atomic E-state index is 13.7. The molecule has 0 bridgehead atoms. The number of piperidine rings is 1. The zero-order chi connectivity index (χ0) is 21.8. The van der Waals surface area contributed by atoms with Gasteiger partial charge in [0.15, 0.2) is 0 Å². The quantitative estimate of drug-likeness (QED) is 0.645. The molecule has 1 aliphatic heterocycles. The number of nitrogens with zero attached hydrogens (tertiary/aromatic N) is 3. The molecule has 4 rings (SSSR count). The van der Waals surface area contributed by atoms with E-state index in [0.29, 0.717) is 23.9 Å². The normalized spacial score (nSPS) is 16.1. The van der Waals surface area contributed by atoms with Crippen molar-refractivity contribution in [3.05, 3.63) is 66.2 Å². The summed E-state index contributed by atoms with van der Waals surface area (Å²) in [7, 11) is 1.63. The van der Waals surface area contributed by atoms with Crippen LogP contribution in [-0.2, 0) is 4.79 Å². The number of hydrogen-bond donors (Lipinski definition) is 1. The summed E-state index contributed by atoms with van der Waals surface area (Å²) in [6.45, 7) is 2.95. The molecule has 2 aromatic carbocycles. The minimum atomic E-state index is -0.320. The first-order valence-corrected chi connectivity index (χ1v) is 10.3. The van der Waals surface area contributed by atoms with Gasteiger partial charge in [-0.25, -0.2) is 14.4 Å². The first kappa shape index (κ1) is 20.8. The average molecular weight is 420 g/mol. The molecule has 1 aromatic heterocycles. The Kier molecular flexibility index (Phi) is 6.11. The summed E-state index contributed by atoms with van der Waals surface area (Å²) < 4.78 is 18.9. The highest BCUT2D eigenvalue weighted by atomic mass is 19.1. The Morgan fingerprint density at radius 1 is 1.16 bits per heavy atom. The van der Waals surface area contributed by atoms with Crippen molar-refractivity contribution < 1.29 is 13.9 Å². The highest BCUT2D eigenvalue weighted by Crippen LogP contribution is 2.30. The Labute approximate surface area is 181 Å². The smallest absolute Gasteiger partial charge is 0.219 e. The molecular formula is C24H25FN4O2. The lowest BCUT2D eigenvalue weighted by atomic mass is 9.96. The number of amides is 1. The van der Waals surface area contributed by atoms with Gasteiger partial charge >= 0.3 is 0 Å². The lowest BCUT2D eigenvalue weighted by Crippen LogP contribution is -2.38. The first-order valence-electron chi connectivity index (χ1n) is 10.3. The maximum absolute atomic E-state index is 13.7. The van der Waals surface area contributed by atoms with Crippen molar-refractivity contribution in [2.45, 2.75) is 25.7 Å². The number of ether oxygens (including phenoxy) is 1. The van der Waals surface area contributed by atoms with Gasteiger partial charge in [0.1, 0.15) is 23.2 Å². The van der Waals surface area contributed by atoms with Gasteiger partial charge in [-0.2, -0.15) is 0 Å². The Morgan fingerprint density at radius 2 is 1.97 bits per heavy atom. The van der Waals surface area contributed by atoms with E-state index in [9.17, 15) is 9.18 Å². The van der Waals surface area contributed by atoms with E-state index in [1.54, 1.807) is 26.2 Å². The van der Waals surface area contributed by atoms with Crippen LogP contribution >= 0.6 is 0 Å². The molecule has 1 atom stereocenters. The number of halogens is 1. The molecule has 1 amide bonds. The van der Waals surface area contributed by atoms with Crippen molar-refractivity contribution in [3.63, 3.8) is 0 Å². The fourth-order valence-electron chi connectivity index (χ4n) is 3.81. The van der Waals surface area contributed by atoms with Crippen LogP contribution in [0.1, 0.15) is 31.5 Å². The number of hydrogen-bond acceptors (Lipinski definition) is 5. The molecule has 0 aliphatic carbocycles. The van der Waals surface area contributed by atoms with E-state index < -0.39 is 0 Å². The summed E-state index contributed by atoms with van der Waals surface area (Å²) in [5, 5.41) is 3.19. The second-order valence-corrected chi connectivity index (χ2v) is 7.66. The van der Waals surface area contributed by atoms with E-state index in [4.69, 9.17) is 14.7 Å². The van der Waals surface area contributed by atoms with Crippen LogP contribution in [-0.4, -0.2) is 41.0 Å². The van der Waals surface area contributed by atoms with Crippen LogP contribution in [0.3, 0.4) is 0 Å². The van der Waals surface area contributed by atoms with Crippen LogP contribution in [0.4, 0.5) is 15.9 Å². The van der Waals surface area contributed by atoms with Crippen molar-refractivity contribution in [3.8, 4) is 17.0 Å². The van der Waals surface area contributed by atoms with Crippen LogP contribution in [0.25, 0.3) is 11.3 Å². The van der Waals surface area contributed by atoms with Crippen LogP contribution in [0.15, 0.2) is 54.6 Å². The number of rotatable bonds is 5. The molecule has 7 heteroatoms. The van der Waals surface area contributed by atoms with Crippen molar-refractivity contribution in [2.24, 2.45) is 0 Å². The second kappa shape index (κ2) is 9.12. The Morgan fingerprint density at radius 3 is 2.68 bits per heavy atom. The Balaban J connectivity index is 1.71. The monoisotopic (exact) mass is 420 g/mol. The summed E-state index contributed by atoms with van der Waals surface area (Å²) in [6, 6.07) is 15.8. The summed E-state index contributed by atoms with van der Waals surface area (Å²) in [5.74, 6) is 1.82. The van der Waals surface area contributed by atoms with E-state index in [0.717, 1.165) is 36.4 Å². The molecule has 1 saturated heterocycles. The van der Waals surface area contributed by atoms with Crippen LogP contribution in [0, 0.1) is 5.82 Å². The number of nitrogens with one attached hydrogen (secondary N) is 1. The molecule has 0 radical (unpaired) electrons. The lowest BCUT2D eigenvalue weighted by Gasteiger charge is -2.31. The highest BCUT2D eigenvalue weighted by Gasteiger charge is 2.25. The molecule has 1 unspecified atom stereocenters. The number of carbonyl (C=O) groups excluding carboxylic acids is 1. The van der Waals surface area contributed by atoms with Crippen molar-refractivity contribution in [1.82, 2.24) is 14.9 Å². The predicted octanol–water partition coefficient (Wildman–Crippen LogP) is 4.76. The third kappa shape index (κ3) is 4.99. The third-order valence-corrected chi connectivity index (χ3v) is 5.46. The zero-order valence-electron chi connectivity index (χ0n) is 17.6. The first-order chi connectivity index (χ1) is 15.0. The summed E-state index contributed by atoms with van der Waals surface area (Å²) in [4.78, 5) is 23.3. The molecule has 1 N–H and O–H groups in total. The number of benzene rings is 2. The van der Waals surface area contributed by atoms with Crippen LogP contribution in [0.5, 0.6) is 5.75 Å². The topological polar surface area (TPSA) is 67.3 Å². The molecule has 160 valence electrons. The molecule has 3 aromatic rings. The van der Waals surface area contributed by atoms with Crippen LogP contribution < -0.4 is 10.1 Å². The highest BCUT2D eigenvalue weighted by molar-refractivity contribution is 5.73. The minimum absolute atomic E-state index is 0.0453. The van der Waals surface area contributed by atoms with Gasteiger partial charge in [0.2, 0.25) is 5.91 Å². The molecule has 6 nitrogen and oxygen atoms in total. The molecule has 0 spiro atoms. The van der Waals surface area contributed by atoms with Gasteiger partial charge in [0.05, 0.1) is 12.8 Å². The van der Waals surface area contributed by atoms with Crippen molar-refractivity contribution in [2.75, 3.05) is 25.5 Å². The molecule has 1 aliphatic rings. The zero-order valence-corrected chi connectivity index (χ0v) is 17.6. The molecule has 0 saturated carbocycles. The number of aromatic nitrogens is 2. The summed E-state index contributed by atoms with van der Waals surface area (Å²) in [5.41, 5.74) is 2.29. The minimum Gasteiger partial charge on any atom is -0.497 e. The van der Waals surface area contributed by atoms with Gasteiger partial charge in [-0.15, -0.1) is 0 Å². The Bertz CT molecular complexity index is 1070. The second-order valence-electron chi connectivity index (χ2n) is 7.66. The molecule has 31 heavy (non-hydrogen) atoms. The SMILES string of the molecule is COc1ccc(-c2cc(Nc3cccc(F)c3)nc(C3CCCN(C(C)=O)C3)n2)cc1. The van der Waals surface area contributed by atoms with E-state index in [1.165, 1.54) is 12.1 Å². The Hall–Kier alpha value is -3.48. The van der Waals surface area contributed by atoms with Gasteiger partial charge in [-0.1, -0.05) is 6.07 Å². The lowest BCUT2D eigenvalue weighted by molar-refractivity contribution is -0.130. The number of carbonyl (C=O) groups is 1. The largest absolute Gasteiger partial charge is 0.497 e. The average Bonchev–Trinajstić information content (AvgIpc) is 2.79. The molecular weight excluding hydrogens is 395 g/mol. The summed E-state index contributed by atoms with van der Waals surface area (Å²) in [6.07, 6.45) is 1.82. The number of anilines is 2. The van der Waals surface area contributed by atoms with Gasteiger partial charge in [-0.05, 0) is 55.3 Å². The van der Waals surface area contributed by atoms with E-state index >= 15 is 0 Å².